The second-order valence-corrected chi connectivity index (χ2v) is 4.22. The molecule has 4 heteroatoms. The number of rotatable bonds is 4. The summed E-state index contributed by atoms with van der Waals surface area (Å²) in [7, 11) is 1.59. The summed E-state index contributed by atoms with van der Waals surface area (Å²) >= 11 is 0. The number of ether oxygens (including phenoxy) is 1. The predicted octanol–water partition coefficient (Wildman–Crippen LogP) is 2.75. The Morgan fingerprint density at radius 3 is 2.55 bits per heavy atom. The van der Waals surface area contributed by atoms with Gasteiger partial charge in [-0.05, 0) is 35.9 Å². The van der Waals surface area contributed by atoms with Crippen molar-refractivity contribution in [3.63, 3.8) is 0 Å². The van der Waals surface area contributed by atoms with Crippen molar-refractivity contribution < 1.29 is 9.53 Å². The van der Waals surface area contributed by atoms with E-state index in [-0.39, 0.29) is 12.3 Å². The summed E-state index contributed by atoms with van der Waals surface area (Å²) in [5, 5.41) is 11.8. The van der Waals surface area contributed by atoms with Crippen molar-refractivity contribution in [1.29, 1.82) is 5.26 Å². The van der Waals surface area contributed by atoms with Crippen LogP contribution >= 0.6 is 0 Å². The Balaban J connectivity index is 2.03. The number of carbonyl (C=O) groups is 1. The van der Waals surface area contributed by atoms with Gasteiger partial charge in [-0.25, -0.2) is 0 Å². The summed E-state index contributed by atoms with van der Waals surface area (Å²) in [4.78, 5) is 12.0. The molecule has 2 aromatic rings. The lowest BCUT2D eigenvalue weighted by Crippen LogP contribution is -2.15. The minimum atomic E-state index is -0.155. The molecule has 0 spiro atoms. The van der Waals surface area contributed by atoms with E-state index in [9.17, 15) is 4.79 Å². The van der Waals surface area contributed by atoms with E-state index in [4.69, 9.17) is 10.00 Å². The van der Waals surface area contributed by atoms with Crippen LogP contribution in [0.25, 0.3) is 0 Å². The zero-order valence-corrected chi connectivity index (χ0v) is 11.1. The molecule has 0 atom stereocenters. The van der Waals surface area contributed by atoms with Crippen molar-refractivity contribution in [2.75, 3.05) is 12.4 Å². The average Bonchev–Trinajstić information content (AvgIpc) is 2.48. The fourth-order valence-corrected chi connectivity index (χ4v) is 1.84. The number of hydrogen-bond acceptors (Lipinski definition) is 3. The van der Waals surface area contributed by atoms with E-state index in [0.717, 1.165) is 11.3 Å². The van der Waals surface area contributed by atoms with Gasteiger partial charge in [0.2, 0.25) is 5.91 Å². The zero-order valence-electron chi connectivity index (χ0n) is 11.1. The molecular formula is C16H14N2O2. The number of benzene rings is 2. The first-order valence-electron chi connectivity index (χ1n) is 6.15. The van der Waals surface area contributed by atoms with Crippen LogP contribution in [0.5, 0.6) is 5.75 Å². The molecule has 2 aromatic carbocycles. The Hall–Kier alpha value is -2.80. The average molecular weight is 266 g/mol. The maximum absolute atomic E-state index is 12.0. The minimum absolute atomic E-state index is 0.155. The van der Waals surface area contributed by atoms with Gasteiger partial charge in [-0.15, -0.1) is 0 Å². The highest BCUT2D eigenvalue weighted by Crippen LogP contribution is 2.15. The SMILES string of the molecule is COc1ccc(NC(=O)Cc2ccccc2C#N)cc1. The second kappa shape index (κ2) is 6.39. The molecule has 1 N–H and O–H groups in total. The van der Waals surface area contributed by atoms with Gasteiger partial charge in [-0.1, -0.05) is 18.2 Å². The number of hydrogen-bond donors (Lipinski definition) is 1. The molecule has 2 rings (SSSR count). The lowest BCUT2D eigenvalue weighted by Gasteiger charge is -2.07. The van der Waals surface area contributed by atoms with Crippen LogP contribution in [0.2, 0.25) is 0 Å². The van der Waals surface area contributed by atoms with Gasteiger partial charge >= 0.3 is 0 Å². The third-order valence-corrected chi connectivity index (χ3v) is 2.86. The molecule has 20 heavy (non-hydrogen) atoms. The maximum atomic E-state index is 12.0. The molecule has 0 aliphatic rings. The smallest absolute Gasteiger partial charge is 0.228 e. The monoisotopic (exact) mass is 266 g/mol. The van der Waals surface area contributed by atoms with Crippen LogP contribution in [-0.4, -0.2) is 13.0 Å². The third kappa shape index (κ3) is 3.36. The summed E-state index contributed by atoms with van der Waals surface area (Å²) in [6.07, 6.45) is 0.176. The quantitative estimate of drug-likeness (QED) is 0.925. The highest BCUT2D eigenvalue weighted by molar-refractivity contribution is 5.92. The molecule has 0 bridgehead atoms. The second-order valence-electron chi connectivity index (χ2n) is 4.22. The molecule has 0 radical (unpaired) electrons. The van der Waals surface area contributed by atoms with E-state index in [2.05, 4.69) is 11.4 Å². The largest absolute Gasteiger partial charge is 0.497 e. The van der Waals surface area contributed by atoms with Crippen LogP contribution in [0.1, 0.15) is 11.1 Å². The first-order valence-corrected chi connectivity index (χ1v) is 6.15. The first-order chi connectivity index (χ1) is 9.72. The molecule has 0 aliphatic heterocycles. The lowest BCUT2D eigenvalue weighted by molar-refractivity contribution is -0.115. The van der Waals surface area contributed by atoms with Crippen molar-refractivity contribution >= 4 is 11.6 Å². The van der Waals surface area contributed by atoms with Crippen molar-refractivity contribution in [1.82, 2.24) is 0 Å². The molecule has 0 fully saturated rings. The molecule has 100 valence electrons. The van der Waals surface area contributed by atoms with E-state index >= 15 is 0 Å². The van der Waals surface area contributed by atoms with Gasteiger partial charge < -0.3 is 10.1 Å². The third-order valence-electron chi connectivity index (χ3n) is 2.86. The number of nitriles is 1. The highest BCUT2D eigenvalue weighted by Gasteiger charge is 2.07. The summed E-state index contributed by atoms with van der Waals surface area (Å²) in [5.74, 6) is 0.579. The highest BCUT2D eigenvalue weighted by atomic mass is 16.5. The summed E-state index contributed by atoms with van der Waals surface area (Å²) in [5.41, 5.74) is 1.95. The van der Waals surface area contributed by atoms with Crippen LogP contribution in [-0.2, 0) is 11.2 Å². The number of carbonyl (C=O) groups excluding carboxylic acids is 1. The predicted molar refractivity (Wildman–Crippen MR) is 76.5 cm³/mol. The van der Waals surface area contributed by atoms with Crippen LogP contribution in [0.3, 0.4) is 0 Å². The van der Waals surface area contributed by atoms with Crippen molar-refractivity contribution in [3.05, 3.63) is 59.7 Å². The van der Waals surface area contributed by atoms with E-state index in [0.29, 0.717) is 11.3 Å². The summed E-state index contributed by atoms with van der Waals surface area (Å²) < 4.78 is 5.05. The molecular weight excluding hydrogens is 252 g/mol. The van der Waals surface area contributed by atoms with Crippen LogP contribution in [0.15, 0.2) is 48.5 Å². The Morgan fingerprint density at radius 2 is 1.90 bits per heavy atom. The Morgan fingerprint density at radius 1 is 1.20 bits per heavy atom. The molecule has 0 heterocycles. The number of nitrogens with zero attached hydrogens (tertiary/aromatic N) is 1. The molecule has 0 aromatic heterocycles. The van der Waals surface area contributed by atoms with Crippen molar-refractivity contribution in [2.45, 2.75) is 6.42 Å². The van der Waals surface area contributed by atoms with Gasteiger partial charge in [0.15, 0.2) is 0 Å². The van der Waals surface area contributed by atoms with Gasteiger partial charge in [0.1, 0.15) is 5.75 Å². The number of anilines is 1. The summed E-state index contributed by atoms with van der Waals surface area (Å²) in [6.45, 7) is 0. The van der Waals surface area contributed by atoms with Crippen molar-refractivity contribution in [2.24, 2.45) is 0 Å². The molecule has 4 nitrogen and oxygen atoms in total. The Kier molecular flexibility index (Phi) is 4.35. The van der Waals surface area contributed by atoms with Gasteiger partial charge in [0, 0.05) is 5.69 Å². The maximum Gasteiger partial charge on any atom is 0.228 e. The Labute approximate surface area is 117 Å². The summed E-state index contributed by atoms with van der Waals surface area (Å²) in [6, 6.07) is 16.3. The van der Waals surface area contributed by atoms with E-state index in [1.807, 2.05) is 6.07 Å². The van der Waals surface area contributed by atoms with E-state index < -0.39 is 0 Å². The normalized spacial score (nSPS) is 9.60. The van der Waals surface area contributed by atoms with E-state index in [1.165, 1.54) is 0 Å². The van der Waals surface area contributed by atoms with Gasteiger partial charge in [-0.3, -0.25) is 4.79 Å². The van der Waals surface area contributed by atoms with Gasteiger partial charge in [0.05, 0.1) is 25.2 Å². The van der Waals surface area contributed by atoms with Crippen LogP contribution in [0.4, 0.5) is 5.69 Å². The fraction of sp³-hybridized carbons (Fsp3) is 0.125. The standard InChI is InChI=1S/C16H14N2O2/c1-20-15-8-6-14(7-9-15)18-16(19)10-12-4-2-3-5-13(12)11-17/h2-9H,10H2,1H3,(H,18,19). The van der Waals surface area contributed by atoms with E-state index in [1.54, 1.807) is 49.6 Å². The molecule has 0 unspecified atom stereocenters. The lowest BCUT2D eigenvalue weighted by atomic mass is 10.1. The van der Waals surface area contributed by atoms with Gasteiger partial charge in [-0.2, -0.15) is 5.26 Å². The number of methoxy groups -OCH3 is 1. The number of amides is 1. The molecule has 0 saturated carbocycles. The number of nitrogens with one attached hydrogen (secondary N) is 1. The van der Waals surface area contributed by atoms with Crippen molar-refractivity contribution in [3.8, 4) is 11.8 Å². The Bertz CT molecular complexity index is 642. The first kappa shape index (κ1) is 13.6. The fourth-order valence-electron chi connectivity index (χ4n) is 1.84. The minimum Gasteiger partial charge on any atom is -0.497 e. The molecule has 0 aliphatic carbocycles. The molecule has 0 saturated heterocycles. The van der Waals surface area contributed by atoms with Crippen LogP contribution in [0, 0.1) is 11.3 Å². The molecule has 1 amide bonds. The topological polar surface area (TPSA) is 62.1 Å². The zero-order chi connectivity index (χ0) is 14.4. The van der Waals surface area contributed by atoms with Gasteiger partial charge in [0.25, 0.3) is 0 Å². The van der Waals surface area contributed by atoms with Crippen LogP contribution < -0.4 is 10.1 Å².